The number of methoxy groups -OCH3 is 1. The van der Waals surface area contributed by atoms with Gasteiger partial charge in [-0.2, -0.15) is 0 Å². The molecule has 0 saturated carbocycles. The number of hydrogen-bond acceptors (Lipinski definition) is 3. The van der Waals surface area contributed by atoms with Crippen LogP contribution >= 0.6 is 11.6 Å². The van der Waals surface area contributed by atoms with Gasteiger partial charge in [-0.05, 0) is 45.4 Å². The number of hydrogen-bond donors (Lipinski definition) is 1. The van der Waals surface area contributed by atoms with Crippen molar-refractivity contribution in [3.05, 3.63) is 38.6 Å². The highest BCUT2D eigenvalue weighted by molar-refractivity contribution is 6.35. The molecule has 5 heteroatoms. The number of pyridine rings is 1. The number of ether oxygens (including phenoxy) is 1. The van der Waals surface area contributed by atoms with Crippen molar-refractivity contribution in [3.8, 4) is 5.75 Å². The molecule has 1 atom stereocenters. The summed E-state index contributed by atoms with van der Waals surface area (Å²) < 4.78 is 5.36. The van der Waals surface area contributed by atoms with Crippen LogP contribution in [0.4, 0.5) is 0 Å². The highest BCUT2D eigenvalue weighted by Gasteiger charge is 2.22. The second-order valence-electron chi connectivity index (χ2n) is 6.37. The minimum absolute atomic E-state index is 0.0120. The Kier molecular flexibility index (Phi) is 4.64. The average molecular weight is 335 g/mol. The van der Waals surface area contributed by atoms with Gasteiger partial charge in [0.05, 0.1) is 23.0 Å². The van der Waals surface area contributed by atoms with Crippen LogP contribution < -0.4 is 10.2 Å². The lowest BCUT2D eigenvalue weighted by atomic mass is 10.0. The first-order valence-corrected chi connectivity index (χ1v) is 8.52. The summed E-state index contributed by atoms with van der Waals surface area (Å²) in [5, 5.41) is 0.992. The highest BCUT2D eigenvalue weighted by atomic mass is 35.5. The number of fused-ring (bicyclic) bond motifs is 1. The smallest absolute Gasteiger partial charge is 0.195 e. The fourth-order valence-electron chi connectivity index (χ4n) is 3.44. The van der Waals surface area contributed by atoms with E-state index in [9.17, 15) is 4.79 Å². The molecule has 0 spiro atoms. The monoisotopic (exact) mass is 334 g/mol. The van der Waals surface area contributed by atoms with Crippen molar-refractivity contribution in [3.63, 3.8) is 0 Å². The van der Waals surface area contributed by atoms with E-state index in [1.807, 2.05) is 6.92 Å². The lowest BCUT2D eigenvalue weighted by Gasteiger charge is -2.33. The topological polar surface area (TPSA) is 45.3 Å². The van der Waals surface area contributed by atoms with Gasteiger partial charge in [0.1, 0.15) is 5.75 Å². The van der Waals surface area contributed by atoms with E-state index in [0.29, 0.717) is 34.3 Å². The number of benzene rings is 1. The fraction of sp³-hybridized carbons (Fsp3) is 0.500. The summed E-state index contributed by atoms with van der Waals surface area (Å²) in [7, 11) is 1.60. The van der Waals surface area contributed by atoms with E-state index in [4.69, 9.17) is 16.3 Å². The molecule has 1 saturated heterocycles. The van der Waals surface area contributed by atoms with E-state index in [-0.39, 0.29) is 5.43 Å². The second kappa shape index (κ2) is 6.54. The van der Waals surface area contributed by atoms with Gasteiger partial charge in [0.2, 0.25) is 0 Å². The van der Waals surface area contributed by atoms with Gasteiger partial charge in [0, 0.05) is 23.8 Å². The number of nitrogens with zero attached hydrogens (tertiary/aromatic N) is 1. The second-order valence-corrected chi connectivity index (χ2v) is 6.78. The first-order valence-electron chi connectivity index (χ1n) is 8.15. The Labute approximate surface area is 141 Å². The minimum Gasteiger partial charge on any atom is -0.495 e. The van der Waals surface area contributed by atoms with E-state index >= 15 is 0 Å². The number of aryl methyl sites for hydroxylation is 1. The molecule has 0 amide bonds. The third kappa shape index (κ3) is 2.98. The zero-order valence-corrected chi connectivity index (χ0v) is 14.7. The molecular formula is C18H23ClN2O2. The normalized spacial score (nSPS) is 19.2. The molecule has 0 unspecified atom stereocenters. The number of likely N-dealkylation sites (tertiary alicyclic amines) is 1. The predicted molar refractivity (Wildman–Crippen MR) is 94.6 cm³/mol. The SMILES string of the molecule is COc1ccc(Cl)c2c(=O)c(CN3CCCC[C@H]3C)c(C)[nH]c12. The first-order chi connectivity index (χ1) is 11.0. The molecule has 0 radical (unpaired) electrons. The van der Waals surface area contributed by atoms with Gasteiger partial charge in [-0.1, -0.05) is 18.0 Å². The van der Waals surface area contributed by atoms with Crippen LogP contribution in [0.15, 0.2) is 16.9 Å². The number of halogens is 1. The summed E-state index contributed by atoms with van der Waals surface area (Å²) in [4.78, 5) is 18.7. The molecule has 2 aromatic rings. The Balaban J connectivity index is 2.11. The van der Waals surface area contributed by atoms with Crippen LogP contribution in [-0.2, 0) is 6.54 Å². The number of aromatic amines is 1. The van der Waals surface area contributed by atoms with Crippen molar-refractivity contribution in [1.82, 2.24) is 9.88 Å². The summed E-state index contributed by atoms with van der Waals surface area (Å²) >= 11 is 6.30. The molecule has 1 N–H and O–H groups in total. The third-order valence-corrected chi connectivity index (χ3v) is 5.22. The zero-order valence-electron chi connectivity index (χ0n) is 13.9. The molecule has 1 aromatic carbocycles. The highest BCUT2D eigenvalue weighted by Crippen LogP contribution is 2.29. The van der Waals surface area contributed by atoms with Gasteiger partial charge in [0.15, 0.2) is 5.43 Å². The van der Waals surface area contributed by atoms with Crippen LogP contribution in [0.5, 0.6) is 5.75 Å². The Morgan fingerprint density at radius 3 is 2.87 bits per heavy atom. The van der Waals surface area contributed by atoms with Gasteiger partial charge in [-0.15, -0.1) is 0 Å². The lowest BCUT2D eigenvalue weighted by Crippen LogP contribution is -2.38. The van der Waals surface area contributed by atoms with Gasteiger partial charge in [-0.3, -0.25) is 9.69 Å². The summed E-state index contributed by atoms with van der Waals surface area (Å²) in [5.41, 5.74) is 2.39. The third-order valence-electron chi connectivity index (χ3n) is 4.90. The molecule has 0 bridgehead atoms. The van der Waals surface area contributed by atoms with Crippen LogP contribution in [0, 0.1) is 6.92 Å². The van der Waals surface area contributed by atoms with Crippen molar-refractivity contribution in [2.24, 2.45) is 0 Å². The standard InChI is InChI=1S/C18H23ClN2O2/c1-11-6-4-5-9-21(11)10-13-12(2)20-17-15(23-3)8-7-14(19)16(17)18(13)22/h7-8,11H,4-6,9-10H2,1-3H3,(H,20,22)/t11-/m1/s1. The zero-order chi connectivity index (χ0) is 16.6. The van der Waals surface area contributed by atoms with Gasteiger partial charge in [0.25, 0.3) is 0 Å². The van der Waals surface area contributed by atoms with Crippen molar-refractivity contribution in [2.45, 2.75) is 45.7 Å². The van der Waals surface area contributed by atoms with Gasteiger partial charge in [-0.25, -0.2) is 0 Å². The Bertz CT molecular complexity index is 785. The van der Waals surface area contributed by atoms with Crippen molar-refractivity contribution >= 4 is 22.5 Å². The molecule has 1 aromatic heterocycles. The maximum absolute atomic E-state index is 13.0. The summed E-state index contributed by atoms with van der Waals surface area (Å²) in [5.74, 6) is 0.641. The van der Waals surface area contributed by atoms with E-state index < -0.39 is 0 Å². The fourth-order valence-corrected chi connectivity index (χ4v) is 3.69. The van der Waals surface area contributed by atoms with Crippen LogP contribution in [0.2, 0.25) is 5.02 Å². The van der Waals surface area contributed by atoms with E-state index in [2.05, 4.69) is 16.8 Å². The molecule has 23 heavy (non-hydrogen) atoms. The first kappa shape index (κ1) is 16.3. The molecule has 1 fully saturated rings. The maximum Gasteiger partial charge on any atom is 0.195 e. The number of nitrogens with one attached hydrogen (secondary N) is 1. The number of H-pyrrole nitrogens is 1. The Morgan fingerprint density at radius 2 is 2.17 bits per heavy atom. The van der Waals surface area contributed by atoms with E-state index in [1.54, 1.807) is 19.2 Å². The molecule has 1 aliphatic heterocycles. The molecule has 2 heterocycles. The number of piperidine rings is 1. The van der Waals surface area contributed by atoms with Crippen LogP contribution in [0.1, 0.15) is 37.4 Å². The molecule has 3 rings (SSSR count). The maximum atomic E-state index is 13.0. The van der Waals surface area contributed by atoms with Crippen molar-refractivity contribution < 1.29 is 4.74 Å². The molecule has 124 valence electrons. The molecular weight excluding hydrogens is 312 g/mol. The Hall–Kier alpha value is -1.52. The van der Waals surface area contributed by atoms with Gasteiger partial charge >= 0.3 is 0 Å². The summed E-state index contributed by atoms with van der Waals surface area (Å²) in [6.45, 7) is 5.90. The molecule has 1 aliphatic rings. The minimum atomic E-state index is 0.0120. The largest absolute Gasteiger partial charge is 0.495 e. The summed E-state index contributed by atoms with van der Waals surface area (Å²) in [6.07, 6.45) is 3.66. The average Bonchev–Trinajstić information content (AvgIpc) is 2.53. The van der Waals surface area contributed by atoms with Crippen LogP contribution in [-0.4, -0.2) is 29.6 Å². The Morgan fingerprint density at radius 1 is 1.39 bits per heavy atom. The number of aromatic nitrogens is 1. The quantitative estimate of drug-likeness (QED) is 0.926. The van der Waals surface area contributed by atoms with Crippen LogP contribution in [0.3, 0.4) is 0 Å². The molecule has 0 aliphatic carbocycles. The predicted octanol–water partition coefficient (Wildman–Crippen LogP) is 3.87. The van der Waals surface area contributed by atoms with Crippen molar-refractivity contribution in [1.29, 1.82) is 0 Å². The van der Waals surface area contributed by atoms with Gasteiger partial charge < -0.3 is 9.72 Å². The van der Waals surface area contributed by atoms with Crippen molar-refractivity contribution in [2.75, 3.05) is 13.7 Å². The van der Waals surface area contributed by atoms with E-state index in [0.717, 1.165) is 17.8 Å². The summed E-state index contributed by atoms with van der Waals surface area (Å²) in [6, 6.07) is 4.02. The van der Waals surface area contributed by atoms with E-state index in [1.165, 1.54) is 19.3 Å². The van der Waals surface area contributed by atoms with Crippen LogP contribution in [0.25, 0.3) is 10.9 Å². The molecule has 4 nitrogen and oxygen atoms in total. The lowest BCUT2D eigenvalue weighted by molar-refractivity contribution is 0.152. The number of rotatable bonds is 3.